The highest BCUT2D eigenvalue weighted by Gasteiger charge is 2.41. The normalized spacial score (nSPS) is 22.7. The molecule has 0 radical (unpaired) electrons. The molecule has 1 saturated carbocycles. The monoisotopic (exact) mass is 319 g/mol. The Morgan fingerprint density at radius 3 is 2.55 bits per heavy atom. The zero-order valence-electron chi connectivity index (χ0n) is 12.6. The molecule has 22 heavy (non-hydrogen) atoms. The Balaban J connectivity index is 1.70. The highest BCUT2D eigenvalue weighted by Crippen LogP contribution is 2.35. The number of nitrogens with zero attached hydrogens (tertiary/aromatic N) is 3. The molecule has 1 saturated heterocycles. The first kappa shape index (κ1) is 15.4. The molecule has 0 N–H and O–H groups in total. The Labute approximate surface area is 132 Å². The van der Waals surface area contributed by atoms with Crippen LogP contribution >= 0.6 is 0 Å². The Bertz CT molecular complexity index is 654. The summed E-state index contributed by atoms with van der Waals surface area (Å²) in [5.74, 6) is 0.610. The second-order valence-corrected chi connectivity index (χ2v) is 8.40. The summed E-state index contributed by atoms with van der Waals surface area (Å²) >= 11 is 0. The Hall–Kier alpha value is -1.45. The summed E-state index contributed by atoms with van der Waals surface area (Å²) < 4.78 is 26.5. The number of aromatic nitrogens is 1. The number of pyridine rings is 1. The van der Waals surface area contributed by atoms with E-state index in [2.05, 4.69) is 11.1 Å². The summed E-state index contributed by atoms with van der Waals surface area (Å²) in [5.41, 5.74) is 0.109. The number of nitriles is 1. The van der Waals surface area contributed by atoms with Crippen LogP contribution in [0.25, 0.3) is 0 Å². The van der Waals surface area contributed by atoms with Gasteiger partial charge in [0.2, 0.25) is 10.0 Å². The number of rotatable bonds is 4. The molecule has 1 aliphatic carbocycles. The van der Waals surface area contributed by atoms with E-state index in [4.69, 9.17) is 0 Å². The molecule has 2 fully saturated rings. The van der Waals surface area contributed by atoms with Gasteiger partial charge >= 0.3 is 0 Å². The van der Waals surface area contributed by atoms with E-state index < -0.39 is 15.4 Å². The van der Waals surface area contributed by atoms with Crippen LogP contribution in [0.15, 0.2) is 24.4 Å². The number of sulfonamides is 1. The van der Waals surface area contributed by atoms with E-state index in [1.165, 1.54) is 0 Å². The first-order valence-corrected chi connectivity index (χ1v) is 9.47. The van der Waals surface area contributed by atoms with Crippen molar-refractivity contribution in [3.05, 3.63) is 30.1 Å². The molecular weight excluding hydrogens is 298 g/mol. The summed E-state index contributed by atoms with van der Waals surface area (Å²) in [7, 11) is -3.18. The fraction of sp³-hybridized carbons (Fsp3) is 0.625. The zero-order valence-corrected chi connectivity index (χ0v) is 13.4. The van der Waals surface area contributed by atoms with Crippen LogP contribution in [0.5, 0.6) is 0 Å². The van der Waals surface area contributed by atoms with Crippen LogP contribution in [0, 0.1) is 17.2 Å². The van der Waals surface area contributed by atoms with Crippen molar-refractivity contribution < 1.29 is 8.42 Å². The second-order valence-electron chi connectivity index (χ2n) is 6.38. The Morgan fingerprint density at radius 2 is 2.05 bits per heavy atom. The van der Waals surface area contributed by atoms with Crippen LogP contribution in [0.4, 0.5) is 0 Å². The molecule has 0 atom stereocenters. The van der Waals surface area contributed by atoms with E-state index in [-0.39, 0.29) is 5.75 Å². The quantitative estimate of drug-likeness (QED) is 0.851. The van der Waals surface area contributed by atoms with Gasteiger partial charge in [-0.05, 0) is 43.7 Å². The van der Waals surface area contributed by atoms with Gasteiger partial charge in [0, 0.05) is 19.3 Å². The lowest BCUT2D eigenvalue weighted by atomic mass is 9.77. The average molecular weight is 319 g/mol. The van der Waals surface area contributed by atoms with Gasteiger partial charge in [0.25, 0.3) is 0 Å². The maximum Gasteiger partial charge on any atom is 0.214 e. The van der Waals surface area contributed by atoms with Gasteiger partial charge in [0.15, 0.2) is 0 Å². The average Bonchev–Trinajstić information content (AvgIpc) is 2.52. The molecule has 6 heteroatoms. The molecule has 0 bridgehead atoms. The Kier molecular flexibility index (Phi) is 4.20. The van der Waals surface area contributed by atoms with Crippen molar-refractivity contribution in [1.29, 1.82) is 5.26 Å². The molecule has 2 heterocycles. The fourth-order valence-corrected chi connectivity index (χ4v) is 5.16. The van der Waals surface area contributed by atoms with E-state index in [0.717, 1.165) is 25.0 Å². The van der Waals surface area contributed by atoms with Crippen molar-refractivity contribution >= 4 is 10.0 Å². The fourth-order valence-electron chi connectivity index (χ4n) is 3.28. The van der Waals surface area contributed by atoms with Gasteiger partial charge in [-0.15, -0.1) is 0 Å². The van der Waals surface area contributed by atoms with E-state index >= 15 is 0 Å². The van der Waals surface area contributed by atoms with Gasteiger partial charge < -0.3 is 0 Å². The molecule has 0 aromatic carbocycles. The highest BCUT2D eigenvalue weighted by atomic mass is 32.2. The van der Waals surface area contributed by atoms with Crippen LogP contribution in [0.3, 0.4) is 0 Å². The maximum absolute atomic E-state index is 12.5. The molecule has 1 aliphatic heterocycles. The van der Waals surface area contributed by atoms with E-state index in [1.807, 2.05) is 18.2 Å². The van der Waals surface area contributed by atoms with Crippen molar-refractivity contribution in [2.45, 2.75) is 37.5 Å². The largest absolute Gasteiger partial charge is 0.260 e. The van der Waals surface area contributed by atoms with Gasteiger partial charge in [-0.2, -0.15) is 5.26 Å². The van der Waals surface area contributed by atoms with E-state index in [1.54, 1.807) is 10.5 Å². The van der Waals surface area contributed by atoms with Gasteiger partial charge in [-0.25, -0.2) is 12.7 Å². The third-order valence-corrected chi connectivity index (χ3v) is 7.05. The van der Waals surface area contributed by atoms with Crippen LogP contribution in [-0.4, -0.2) is 36.5 Å². The summed E-state index contributed by atoms with van der Waals surface area (Å²) in [6, 6.07) is 7.95. The minimum Gasteiger partial charge on any atom is -0.260 e. The lowest BCUT2D eigenvalue weighted by Gasteiger charge is -2.37. The van der Waals surface area contributed by atoms with Crippen LogP contribution in [-0.2, 0) is 15.4 Å². The first-order valence-electron chi connectivity index (χ1n) is 7.86. The standard InChI is InChI=1S/C16H21N3O2S/c17-13-16(15-6-1-2-9-18-15)7-10-19(11-8-16)22(20,21)12-14-4-3-5-14/h1-2,6,9,14H,3-5,7-8,10-12H2. The number of hydrogen-bond acceptors (Lipinski definition) is 4. The molecule has 5 nitrogen and oxygen atoms in total. The first-order chi connectivity index (χ1) is 10.6. The van der Waals surface area contributed by atoms with Gasteiger partial charge in [0.05, 0.1) is 17.5 Å². The minimum atomic E-state index is -3.18. The summed E-state index contributed by atoms with van der Waals surface area (Å²) in [5, 5.41) is 9.62. The lowest BCUT2D eigenvalue weighted by molar-refractivity contribution is 0.267. The molecule has 0 spiro atoms. The predicted octanol–water partition coefficient (Wildman–Crippen LogP) is 2.07. The van der Waals surface area contributed by atoms with E-state index in [0.29, 0.717) is 31.8 Å². The predicted molar refractivity (Wildman–Crippen MR) is 83.5 cm³/mol. The molecule has 2 aliphatic rings. The summed E-state index contributed by atoms with van der Waals surface area (Å²) in [4.78, 5) is 4.31. The molecule has 1 aromatic rings. The summed E-state index contributed by atoms with van der Waals surface area (Å²) in [6.07, 6.45) is 5.94. The van der Waals surface area contributed by atoms with Crippen molar-refractivity contribution in [2.24, 2.45) is 5.92 Å². The van der Waals surface area contributed by atoms with Crippen molar-refractivity contribution in [3.63, 3.8) is 0 Å². The maximum atomic E-state index is 12.5. The molecule has 118 valence electrons. The topological polar surface area (TPSA) is 74.1 Å². The molecule has 0 unspecified atom stereocenters. The molecule has 3 rings (SSSR count). The molecule has 1 aromatic heterocycles. The Morgan fingerprint density at radius 1 is 1.32 bits per heavy atom. The van der Waals surface area contributed by atoms with Gasteiger partial charge in [-0.3, -0.25) is 4.98 Å². The van der Waals surface area contributed by atoms with Crippen LogP contribution in [0.1, 0.15) is 37.8 Å². The van der Waals surface area contributed by atoms with Crippen molar-refractivity contribution in [2.75, 3.05) is 18.8 Å². The van der Waals surface area contributed by atoms with E-state index in [9.17, 15) is 13.7 Å². The minimum absolute atomic E-state index is 0.274. The smallest absolute Gasteiger partial charge is 0.214 e. The number of hydrogen-bond donors (Lipinski definition) is 0. The zero-order chi connectivity index (χ0) is 15.6. The SMILES string of the molecule is N#CC1(c2ccccn2)CCN(S(=O)(=O)CC2CCC2)CC1. The molecule has 0 amide bonds. The van der Waals surface area contributed by atoms with Gasteiger partial charge in [0.1, 0.15) is 5.41 Å². The van der Waals surface area contributed by atoms with Gasteiger partial charge in [-0.1, -0.05) is 12.5 Å². The van der Waals surface area contributed by atoms with Crippen molar-refractivity contribution in [1.82, 2.24) is 9.29 Å². The molecular formula is C16H21N3O2S. The van der Waals surface area contributed by atoms with Crippen LogP contribution < -0.4 is 0 Å². The third-order valence-electron chi connectivity index (χ3n) is 5.01. The lowest BCUT2D eigenvalue weighted by Crippen LogP contribution is -2.46. The number of piperidine rings is 1. The summed E-state index contributed by atoms with van der Waals surface area (Å²) in [6.45, 7) is 0.832. The second kappa shape index (κ2) is 5.98. The third kappa shape index (κ3) is 2.88. The highest BCUT2D eigenvalue weighted by molar-refractivity contribution is 7.89. The van der Waals surface area contributed by atoms with Crippen LogP contribution in [0.2, 0.25) is 0 Å². The van der Waals surface area contributed by atoms with Crippen molar-refractivity contribution in [3.8, 4) is 6.07 Å².